The van der Waals surface area contributed by atoms with Crippen molar-refractivity contribution < 1.29 is 11.0 Å². The van der Waals surface area contributed by atoms with Crippen molar-refractivity contribution in [2.24, 2.45) is 0 Å². The lowest BCUT2D eigenvalue weighted by atomic mass is 9.97. The summed E-state index contributed by atoms with van der Waals surface area (Å²) in [6.07, 6.45) is 0. The Morgan fingerprint density at radius 2 is 0.857 bits per heavy atom. The van der Waals surface area contributed by atoms with Crippen LogP contribution in [0.5, 0.6) is 0 Å². The molecule has 14 heavy (non-hydrogen) atoms. The highest BCUT2D eigenvalue weighted by Crippen LogP contribution is 2.18. The van der Waals surface area contributed by atoms with Crippen LogP contribution in [0.4, 0.5) is 0 Å². The number of benzene rings is 1. The SMILES string of the molecule is CC(C)c1ccc(C(C)C)cc1.O.O. The van der Waals surface area contributed by atoms with Crippen LogP contribution in [0.3, 0.4) is 0 Å². The molecule has 0 spiro atoms. The first kappa shape index (κ1) is 15.6. The summed E-state index contributed by atoms with van der Waals surface area (Å²) in [4.78, 5) is 0. The van der Waals surface area contributed by atoms with Crippen molar-refractivity contribution >= 4 is 0 Å². The summed E-state index contributed by atoms with van der Waals surface area (Å²) in [6.45, 7) is 8.91. The summed E-state index contributed by atoms with van der Waals surface area (Å²) in [6, 6.07) is 8.94. The molecule has 0 radical (unpaired) electrons. The molecule has 0 bridgehead atoms. The Bertz CT molecular complexity index is 210. The molecular formula is C12H22O2. The average molecular weight is 198 g/mol. The molecule has 82 valence electrons. The lowest BCUT2D eigenvalue weighted by Crippen LogP contribution is -1.90. The molecule has 0 saturated heterocycles. The first-order valence-corrected chi connectivity index (χ1v) is 4.71. The van der Waals surface area contributed by atoms with Crippen LogP contribution in [-0.4, -0.2) is 11.0 Å². The molecule has 4 N–H and O–H groups in total. The molecule has 0 aliphatic rings. The fourth-order valence-corrected chi connectivity index (χ4v) is 1.27. The molecule has 1 aromatic rings. The molecule has 0 heterocycles. The van der Waals surface area contributed by atoms with Crippen LogP contribution < -0.4 is 0 Å². The molecule has 0 aliphatic carbocycles. The number of rotatable bonds is 2. The third-order valence-electron chi connectivity index (χ3n) is 2.27. The van der Waals surface area contributed by atoms with Gasteiger partial charge in [-0.2, -0.15) is 0 Å². The van der Waals surface area contributed by atoms with Gasteiger partial charge in [0.25, 0.3) is 0 Å². The van der Waals surface area contributed by atoms with Gasteiger partial charge in [-0.3, -0.25) is 0 Å². The summed E-state index contributed by atoms with van der Waals surface area (Å²) in [5, 5.41) is 0. The average Bonchev–Trinajstić information content (AvgIpc) is 2.04. The summed E-state index contributed by atoms with van der Waals surface area (Å²) in [5.41, 5.74) is 2.86. The zero-order valence-corrected chi connectivity index (χ0v) is 9.46. The van der Waals surface area contributed by atoms with E-state index in [2.05, 4.69) is 52.0 Å². The van der Waals surface area contributed by atoms with E-state index in [0.29, 0.717) is 11.8 Å². The second-order valence-corrected chi connectivity index (χ2v) is 3.98. The minimum absolute atomic E-state index is 0. The van der Waals surface area contributed by atoms with Gasteiger partial charge in [0.1, 0.15) is 0 Å². The quantitative estimate of drug-likeness (QED) is 0.700. The third kappa shape index (κ3) is 3.90. The molecule has 0 unspecified atom stereocenters. The fraction of sp³-hybridized carbons (Fsp3) is 0.500. The molecule has 0 fully saturated rings. The minimum Gasteiger partial charge on any atom is -0.412 e. The Kier molecular flexibility index (Phi) is 7.33. The van der Waals surface area contributed by atoms with Gasteiger partial charge in [-0.1, -0.05) is 52.0 Å². The second-order valence-electron chi connectivity index (χ2n) is 3.98. The van der Waals surface area contributed by atoms with E-state index < -0.39 is 0 Å². The molecule has 0 aromatic heterocycles. The highest BCUT2D eigenvalue weighted by molar-refractivity contribution is 5.26. The first-order valence-electron chi connectivity index (χ1n) is 4.71. The van der Waals surface area contributed by atoms with Gasteiger partial charge in [0.05, 0.1) is 0 Å². The topological polar surface area (TPSA) is 63.0 Å². The van der Waals surface area contributed by atoms with Gasteiger partial charge >= 0.3 is 0 Å². The van der Waals surface area contributed by atoms with E-state index in [4.69, 9.17) is 0 Å². The Hall–Kier alpha value is -0.860. The predicted molar refractivity (Wildman–Crippen MR) is 61.8 cm³/mol. The summed E-state index contributed by atoms with van der Waals surface area (Å²) in [7, 11) is 0. The van der Waals surface area contributed by atoms with E-state index >= 15 is 0 Å². The van der Waals surface area contributed by atoms with E-state index in [-0.39, 0.29) is 11.0 Å². The van der Waals surface area contributed by atoms with E-state index in [1.807, 2.05) is 0 Å². The fourth-order valence-electron chi connectivity index (χ4n) is 1.27. The van der Waals surface area contributed by atoms with Crippen LogP contribution in [0.2, 0.25) is 0 Å². The monoisotopic (exact) mass is 198 g/mol. The summed E-state index contributed by atoms with van der Waals surface area (Å²) < 4.78 is 0. The molecule has 1 aromatic carbocycles. The molecule has 0 atom stereocenters. The second kappa shape index (κ2) is 6.57. The maximum Gasteiger partial charge on any atom is -0.0219 e. The normalized spacial score (nSPS) is 9.57. The zero-order valence-electron chi connectivity index (χ0n) is 9.46. The zero-order chi connectivity index (χ0) is 9.14. The Morgan fingerprint density at radius 3 is 1.00 bits per heavy atom. The van der Waals surface area contributed by atoms with Crippen molar-refractivity contribution in [3.8, 4) is 0 Å². The molecule has 1 rings (SSSR count). The lowest BCUT2D eigenvalue weighted by molar-refractivity contribution is 0.823. The summed E-state index contributed by atoms with van der Waals surface area (Å²) in [5.74, 6) is 1.29. The van der Waals surface area contributed by atoms with Crippen molar-refractivity contribution in [3.05, 3.63) is 35.4 Å². The van der Waals surface area contributed by atoms with Gasteiger partial charge in [0, 0.05) is 0 Å². The van der Waals surface area contributed by atoms with Crippen molar-refractivity contribution in [2.75, 3.05) is 0 Å². The van der Waals surface area contributed by atoms with E-state index in [1.54, 1.807) is 0 Å². The highest BCUT2D eigenvalue weighted by Gasteiger charge is 2.00. The standard InChI is InChI=1S/C12H18.2H2O/c1-9(2)11-5-7-12(8-6-11)10(3)4;;/h5-10H,1-4H3;2*1H2. The molecule has 0 amide bonds. The third-order valence-corrected chi connectivity index (χ3v) is 2.27. The van der Waals surface area contributed by atoms with Gasteiger partial charge in [0.15, 0.2) is 0 Å². The maximum atomic E-state index is 2.24. The predicted octanol–water partition coefficient (Wildman–Crippen LogP) is 2.28. The number of hydrogen-bond acceptors (Lipinski definition) is 0. The van der Waals surface area contributed by atoms with Crippen LogP contribution in [0.25, 0.3) is 0 Å². The van der Waals surface area contributed by atoms with E-state index in [0.717, 1.165) is 0 Å². The van der Waals surface area contributed by atoms with Gasteiger partial charge in [-0.05, 0) is 23.0 Å². The minimum atomic E-state index is 0. The van der Waals surface area contributed by atoms with E-state index in [1.165, 1.54) is 11.1 Å². The van der Waals surface area contributed by atoms with Gasteiger partial charge in [-0.15, -0.1) is 0 Å². The Morgan fingerprint density at radius 1 is 0.643 bits per heavy atom. The van der Waals surface area contributed by atoms with Crippen molar-refractivity contribution in [1.82, 2.24) is 0 Å². The van der Waals surface area contributed by atoms with Gasteiger partial charge < -0.3 is 11.0 Å². The lowest BCUT2D eigenvalue weighted by Gasteiger charge is -2.08. The van der Waals surface area contributed by atoms with Crippen molar-refractivity contribution in [2.45, 2.75) is 39.5 Å². The molecule has 2 heteroatoms. The van der Waals surface area contributed by atoms with Crippen LogP contribution >= 0.6 is 0 Å². The van der Waals surface area contributed by atoms with E-state index in [9.17, 15) is 0 Å². The van der Waals surface area contributed by atoms with Gasteiger partial charge in [0.2, 0.25) is 0 Å². The maximum absolute atomic E-state index is 2.24. The largest absolute Gasteiger partial charge is 0.412 e. The molecule has 2 nitrogen and oxygen atoms in total. The van der Waals surface area contributed by atoms with Crippen LogP contribution in [0.15, 0.2) is 24.3 Å². The number of hydrogen-bond donors (Lipinski definition) is 0. The van der Waals surface area contributed by atoms with Crippen LogP contribution in [0, 0.1) is 0 Å². The Labute approximate surface area is 86.6 Å². The van der Waals surface area contributed by atoms with Crippen LogP contribution in [-0.2, 0) is 0 Å². The smallest absolute Gasteiger partial charge is 0.0219 e. The first-order chi connectivity index (χ1) is 5.61. The molecular weight excluding hydrogens is 176 g/mol. The molecule has 0 aliphatic heterocycles. The molecule has 0 saturated carbocycles. The van der Waals surface area contributed by atoms with Crippen molar-refractivity contribution in [3.63, 3.8) is 0 Å². The van der Waals surface area contributed by atoms with Crippen molar-refractivity contribution in [1.29, 1.82) is 0 Å². The Balaban J connectivity index is 0. The highest BCUT2D eigenvalue weighted by atomic mass is 16.0. The van der Waals surface area contributed by atoms with Crippen LogP contribution in [0.1, 0.15) is 50.7 Å². The van der Waals surface area contributed by atoms with Gasteiger partial charge in [-0.25, -0.2) is 0 Å². The summed E-state index contributed by atoms with van der Waals surface area (Å²) >= 11 is 0.